The maximum Gasteiger partial charge on any atom is 0.446 e. The molecule has 0 bridgehead atoms. The van der Waals surface area contributed by atoms with Crippen LogP contribution in [0.15, 0.2) is 34.1 Å². The first-order valence-corrected chi connectivity index (χ1v) is 12.5. The minimum atomic E-state index is -4.64. The van der Waals surface area contributed by atoms with Gasteiger partial charge in [0.05, 0.1) is 22.8 Å². The SMILES string of the molecule is CCc1nn(C[C@H](C)N)c(CC)c1S(=O)(=O)c1ccc(NC(=O)C(C)(C)C)cc1.O=CC(F)(F)F. The third-order valence-corrected chi connectivity index (χ3v) is 6.62. The number of benzene rings is 1. The number of halogens is 3. The van der Waals surface area contributed by atoms with Gasteiger partial charge < -0.3 is 11.1 Å². The van der Waals surface area contributed by atoms with E-state index in [2.05, 4.69) is 10.4 Å². The van der Waals surface area contributed by atoms with Crippen molar-refractivity contribution in [3.63, 3.8) is 0 Å². The lowest BCUT2D eigenvalue weighted by Crippen LogP contribution is -2.27. The Kier molecular flexibility index (Phi) is 10.2. The van der Waals surface area contributed by atoms with Crippen molar-refractivity contribution in [2.45, 2.75) is 82.9 Å². The number of rotatable bonds is 7. The third kappa shape index (κ3) is 8.46. The van der Waals surface area contributed by atoms with Crippen molar-refractivity contribution in [1.82, 2.24) is 9.78 Å². The van der Waals surface area contributed by atoms with Gasteiger partial charge in [-0.15, -0.1) is 0 Å². The molecule has 1 heterocycles. The standard InChI is InChI=1S/C21H32N4O3S.C2HF3O/c1-7-17-19(18(8-2)25(24-17)13-14(3)22)29(27,28)16-11-9-15(10-12-16)23-20(26)21(4,5)6;3-2(4,5)1-6/h9-12,14H,7-8,13,22H2,1-6H3,(H,23,26);1H/t14-;/m0./s1. The van der Waals surface area contributed by atoms with E-state index < -0.39 is 27.7 Å². The molecule has 1 aromatic carbocycles. The van der Waals surface area contributed by atoms with Crippen LogP contribution in [0.3, 0.4) is 0 Å². The van der Waals surface area contributed by atoms with E-state index in [1.807, 2.05) is 41.5 Å². The predicted molar refractivity (Wildman–Crippen MR) is 127 cm³/mol. The average molecular weight is 519 g/mol. The molecule has 12 heteroatoms. The zero-order valence-corrected chi connectivity index (χ0v) is 21.5. The van der Waals surface area contributed by atoms with E-state index in [0.29, 0.717) is 36.5 Å². The smallest absolute Gasteiger partial charge is 0.326 e. The van der Waals surface area contributed by atoms with Crippen LogP contribution < -0.4 is 11.1 Å². The summed E-state index contributed by atoms with van der Waals surface area (Å²) in [4.78, 5) is 21.3. The molecule has 1 amide bonds. The molecule has 0 aliphatic heterocycles. The van der Waals surface area contributed by atoms with Gasteiger partial charge in [0.15, 0.2) is 0 Å². The molecule has 0 aliphatic rings. The summed E-state index contributed by atoms with van der Waals surface area (Å²) in [5.41, 5.74) is 7.15. The van der Waals surface area contributed by atoms with Crippen molar-refractivity contribution in [3.8, 4) is 0 Å². The van der Waals surface area contributed by atoms with Crippen LogP contribution >= 0.6 is 0 Å². The van der Waals surface area contributed by atoms with Gasteiger partial charge in [-0.1, -0.05) is 34.6 Å². The topological polar surface area (TPSA) is 124 Å². The number of aromatic nitrogens is 2. The fraction of sp³-hybridized carbons (Fsp3) is 0.522. The number of nitrogens with two attached hydrogens (primary N) is 1. The number of nitrogens with zero attached hydrogens (tertiary/aromatic N) is 2. The number of aldehydes is 1. The second kappa shape index (κ2) is 11.8. The van der Waals surface area contributed by atoms with Gasteiger partial charge in [0.25, 0.3) is 0 Å². The molecule has 35 heavy (non-hydrogen) atoms. The van der Waals surface area contributed by atoms with Gasteiger partial charge in [0.2, 0.25) is 22.0 Å². The first-order chi connectivity index (χ1) is 16.0. The number of hydrogen-bond acceptors (Lipinski definition) is 6. The molecule has 1 aromatic heterocycles. The minimum absolute atomic E-state index is 0.133. The van der Waals surface area contributed by atoms with Gasteiger partial charge in [-0.2, -0.15) is 18.3 Å². The maximum absolute atomic E-state index is 13.4. The summed E-state index contributed by atoms with van der Waals surface area (Å²) in [6, 6.07) is 6.14. The minimum Gasteiger partial charge on any atom is -0.326 e. The van der Waals surface area contributed by atoms with Crippen molar-refractivity contribution < 1.29 is 31.2 Å². The number of nitrogens with one attached hydrogen (secondary N) is 1. The van der Waals surface area contributed by atoms with Crippen LogP contribution in [0, 0.1) is 5.41 Å². The summed E-state index contributed by atoms with van der Waals surface area (Å²) in [6.45, 7) is 11.6. The Morgan fingerprint density at radius 2 is 1.66 bits per heavy atom. The molecule has 2 aromatic rings. The van der Waals surface area contributed by atoms with Crippen molar-refractivity contribution in [1.29, 1.82) is 0 Å². The molecule has 0 fully saturated rings. The van der Waals surface area contributed by atoms with Gasteiger partial charge in [-0.05, 0) is 44.0 Å². The fourth-order valence-corrected chi connectivity index (χ4v) is 4.78. The van der Waals surface area contributed by atoms with Crippen LogP contribution in [0.2, 0.25) is 0 Å². The first-order valence-electron chi connectivity index (χ1n) is 11.0. The Bertz CT molecular complexity index is 1120. The summed E-state index contributed by atoms with van der Waals surface area (Å²) in [5.74, 6) is -0.133. The molecular weight excluding hydrogens is 485 g/mol. The van der Waals surface area contributed by atoms with Gasteiger partial charge >= 0.3 is 6.18 Å². The Morgan fingerprint density at radius 3 is 2.03 bits per heavy atom. The lowest BCUT2D eigenvalue weighted by Gasteiger charge is -2.17. The Balaban J connectivity index is 0.000000905. The highest BCUT2D eigenvalue weighted by molar-refractivity contribution is 7.91. The molecule has 2 rings (SSSR count). The number of carbonyl (C=O) groups excluding carboxylic acids is 2. The van der Waals surface area contributed by atoms with E-state index in [-0.39, 0.29) is 21.7 Å². The van der Waals surface area contributed by atoms with E-state index >= 15 is 0 Å². The van der Waals surface area contributed by atoms with E-state index in [4.69, 9.17) is 10.5 Å². The molecule has 0 spiro atoms. The third-order valence-electron chi connectivity index (χ3n) is 4.71. The number of hydrogen-bond donors (Lipinski definition) is 2. The molecule has 0 unspecified atom stereocenters. The van der Waals surface area contributed by atoms with Crippen molar-refractivity contribution in [2.24, 2.45) is 11.1 Å². The number of carbonyl (C=O) groups is 2. The number of amides is 1. The molecule has 0 saturated carbocycles. The molecule has 196 valence electrons. The van der Waals surface area contributed by atoms with Gasteiger partial charge in [-0.3, -0.25) is 14.3 Å². The second-order valence-corrected chi connectivity index (χ2v) is 10.9. The summed E-state index contributed by atoms with van der Waals surface area (Å²) in [7, 11) is -3.75. The number of aryl methyl sites for hydroxylation is 1. The molecule has 0 radical (unpaired) electrons. The monoisotopic (exact) mass is 518 g/mol. The zero-order chi connectivity index (χ0) is 27.2. The lowest BCUT2D eigenvalue weighted by atomic mass is 9.95. The highest BCUT2D eigenvalue weighted by atomic mass is 32.2. The van der Waals surface area contributed by atoms with E-state index in [1.165, 1.54) is 12.1 Å². The van der Waals surface area contributed by atoms with Crippen molar-refractivity contribution in [2.75, 3.05) is 5.32 Å². The van der Waals surface area contributed by atoms with Crippen molar-refractivity contribution >= 4 is 27.7 Å². The fourth-order valence-electron chi connectivity index (χ4n) is 3.00. The molecule has 0 saturated heterocycles. The number of anilines is 1. The molecule has 3 N–H and O–H groups in total. The van der Waals surface area contributed by atoms with Gasteiger partial charge in [0.1, 0.15) is 4.90 Å². The largest absolute Gasteiger partial charge is 0.446 e. The van der Waals surface area contributed by atoms with Crippen LogP contribution in [-0.2, 0) is 38.8 Å². The average Bonchev–Trinajstić information content (AvgIpc) is 3.10. The van der Waals surface area contributed by atoms with Crippen LogP contribution in [0.4, 0.5) is 18.9 Å². The van der Waals surface area contributed by atoms with E-state index in [9.17, 15) is 26.4 Å². The van der Waals surface area contributed by atoms with E-state index in [0.717, 1.165) is 0 Å². The molecule has 0 aliphatic carbocycles. The molecule has 1 atom stereocenters. The summed E-state index contributed by atoms with van der Waals surface area (Å²) in [5, 5.41) is 7.32. The highest BCUT2D eigenvalue weighted by Gasteiger charge is 2.29. The van der Waals surface area contributed by atoms with Gasteiger partial charge in [-0.25, -0.2) is 8.42 Å². The molecular formula is C23H33F3N4O4S. The second-order valence-electron chi connectivity index (χ2n) is 8.98. The number of sulfone groups is 1. The molecule has 8 nitrogen and oxygen atoms in total. The quantitative estimate of drug-likeness (QED) is 0.536. The summed E-state index contributed by atoms with van der Waals surface area (Å²) < 4.78 is 59.8. The first kappa shape index (κ1) is 30.3. The Hall–Kier alpha value is -2.73. The van der Waals surface area contributed by atoms with Crippen molar-refractivity contribution in [3.05, 3.63) is 35.7 Å². The number of alkyl halides is 3. The van der Waals surface area contributed by atoms with Crippen LogP contribution in [0.5, 0.6) is 0 Å². The highest BCUT2D eigenvalue weighted by Crippen LogP contribution is 2.29. The van der Waals surface area contributed by atoms with Crippen LogP contribution in [0.1, 0.15) is 52.9 Å². The Labute approximate surface area is 204 Å². The summed E-state index contributed by atoms with van der Waals surface area (Å²) >= 11 is 0. The predicted octanol–water partition coefficient (Wildman–Crippen LogP) is 3.92. The maximum atomic E-state index is 13.4. The van der Waals surface area contributed by atoms with Crippen LogP contribution in [0.25, 0.3) is 0 Å². The Morgan fingerprint density at radius 1 is 1.14 bits per heavy atom. The van der Waals surface area contributed by atoms with E-state index in [1.54, 1.807) is 16.8 Å². The zero-order valence-electron chi connectivity index (χ0n) is 20.7. The summed E-state index contributed by atoms with van der Waals surface area (Å²) in [6.07, 6.45) is -4.66. The van der Waals surface area contributed by atoms with Crippen LogP contribution in [-0.4, -0.2) is 42.6 Å². The van der Waals surface area contributed by atoms with Gasteiger partial charge in [0, 0.05) is 17.1 Å². The lowest BCUT2D eigenvalue weighted by molar-refractivity contribution is -0.156. The normalized spacial score (nSPS) is 13.0.